The molecule has 1 heterocycles. The lowest BCUT2D eigenvalue weighted by atomic mass is 9.98. The zero-order valence-corrected chi connectivity index (χ0v) is 15.3. The second kappa shape index (κ2) is 8.82. The van der Waals surface area contributed by atoms with Crippen molar-refractivity contribution in [2.45, 2.75) is 24.2 Å². The van der Waals surface area contributed by atoms with E-state index in [2.05, 4.69) is 5.32 Å². The van der Waals surface area contributed by atoms with Gasteiger partial charge < -0.3 is 5.32 Å². The van der Waals surface area contributed by atoms with Crippen LogP contribution in [0.1, 0.15) is 19.3 Å². The molecule has 0 aliphatic carbocycles. The number of nitrogens with zero attached hydrogens (tertiary/aromatic N) is 1. The van der Waals surface area contributed by atoms with Crippen LogP contribution in [0.5, 0.6) is 0 Å². The Kier molecular flexibility index (Phi) is 7.06. The minimum Gasteiger partial charge on any atom is -0.356 e. The number of piperidine rings is 1. The fourth-order valence-corrected chi connectivity index (χ4v) is 4.37. The summed E-state index contributed by atoms with van der Waals surface area (Å²) in [7, 11) is -3.11. The van der Waals surface area contributed by atoms with E-state index in [1.807, 2.05) is 0 Å². The van der Waals surface area contributed by atoms with Crippen LogP contribution in [0.3, 0.4) is 0 Å². The molecule has 134 valence electrons. The average Bonchev–Trinajstić information content (AvgIpc) is 2.54. The maximum atomic E-state index is 13.5. The van der Waals surface area contributed by atoms with Crippen molar-refractivity contribution in [1.82, 2.24) is 9.62 Å². The largest absolute Gasteiger partial charge is 0.356 e. The van der Waals surface area contributed by atoms with Crippen LogP contribution in [0, 0.1) is 11.7 Å². The van der Waals surface area contributed by atoms with Crippen molar-refractivity contribution < 1.29 is 17.6 Å². The molecule has 1 aromatic rings. The summed E-state index contributed by atoms with van der Waals surface area (Å²) in [6.07, 6.45) is 3.08. The number of carbonyl (C=O) groups excluding carboxylic acids is 1. The molecule has 1 fully saturated rings. The normalized spacial score (nSPS) is 16.9. The standard InChI is InChI=1S/C16H23FN2O3S2/c1-24(21,22)19-9-6-13(7-10-19)12-18-16(20)8-11-23-15-5-3-2-4-14(15)17/h2-5,13H,6-12H2,1H3,(H,18,20). The summed E-state index contributed by atoms with van der Waals surface area (Å²) in [5.74, 6) is 0.523. The first kappa shape index (κ1) is 19.2. The van der Waals surface area contributed by atoms with Gasteiger partial charge in [-0.1, -0.05) is 12.1 Å². The Morgan fingerprint density at radius 1 is 1.33 bits per heavy atom. The highest BCUT2D eigenvalue weighted by molar-refractivity contribution is 7.99. The summed E-state index contributed by atoms with van der Waals surface area (Å²) in [6, 6.07) is 6.52. The van der Waals surface area contributed by atoms with Gasteiger partial charge in [-0.25, -0.2) is 17.1 Å². The van der Waals surface area contributed by atoms with Crippen LogP contribution in [-0.4, -0.2) is 50.3 Å². The van der Waals surface area contributed by atoms with Crippen molar-refractivity contribution in [2.24, 2.45) is 5.92 Å². The average molecular weight is 375 g/mol. The number of carbonyl (C=O) groups is 1. The van der Waals surface area contributed by atoms with Crippen molar-refractivity contribution in [3.05, 3.63) is 30.1 Å². The second-order valence-corrected chi connectivity index (χ2v) is 9.06. The van der Waals surface area contributed by atoms with Gasteiger partial charge in [0.05, 0.1) is 6.26 Å². The fourth-order valence-electron chi connectivity index (χ4n) is 2.61. The predicted molar refractivity (Wildman–Crippen MR) is 93.9 cm³/mol. The molecular weight excluding hydrogens is 351 g/mol. The first-order chi connectivity index (χ1) is 11.4. The molecule has 1 N–H and O–H groups in total. The number of rotatable bonds is 7. The van der Waals surface area contributed by atoms with E-state index in [1.54, 1.807) is 18.2 Å². The summed E-state index contributed by atoms with van der Waals surface area (Å²) in [5, 5.41) is 2.89. The van der Waals surface area contributed by atoms with Gasteiger partial charge in [-0.3, -0.25) is 4.79 Å². The molecule has 5 nitrogen and oxygen atoms in total. The highest BCUT2D eigenvalue weighted by atomic mass is 32.2. The number of benzene rings is 1. The summed E-state index contributed by atoms with van der Waals surface area (Å²) in [6.45, 7) is 1.60. The Balaban J connectivity index is 1.63. The van der Waals surface area contributed by atoms with Gasteiger partial charge in [-0.2, -0.15) is 0 Å². The lowest BCUT2D eigenvalue weighted by Gasteiger charge is -2.30. The van der Waals surface area contributed by atoms with Crippen LogP contribution in [0.4, 0.5) is 4.39 Å². The van der Waals surface area contributed by atoms with Crippen molar-refractivity contribution in [3.63, 3.8) is 0 Å². The molecule has 0 aromatic heterocycles. The van der Waals surface area contributed by atoms with Gasteiger partial charge in [0.1, 0.15) is 5.82 Å². The van der Waals surface area contributed by atoms with Crippen molar-refractivity contribution in [3.8, 4) is 0 Å². The molecule has 2 rings (SSSR count). The Hall–Kier alpha value is -1.12. The Labute approximate surface area is 147 Å². The van der Waals surface area contributed by atoms with Crippen LogP contribution in [-0.2, 0) is 14.8 Å². The van der Waals surface area contributed by atoms with Crippen LogP contribution in [0.25, 0.3) is 0 Å². The maximum absolute atomic E-state index is 13.5. The Morgan fingerprint density at radius 2 is 2.00 bits per heavy atom. The number of thioether (sulfide) groups is 1. The van der Waals surface area contributed by atoms with Gasteiger partial charge in [0.2, 0.25) is 15.9 Å². The third-order valence-electron chi connectivity index (χ3n) is 4.05. The topological polar surface area (TPSA) is 66.5 Å². The summed E-state index contributed by atoms with van der Waals surface area (Å²) in [5.41, 5.74) is 0. The van der Waals surface area contributed by atoms with Gasteiger partial charge in [0, 0.05) is 36.7 Å². The fraction of sp³-hybridized carbons (Fsp3) is 0.562. The second-order valence-electron chi connectivity index (χ2n) is 5.94. The van der Waals surface area contributed by atoms with E-state index in [0.29, 0.717) is 42.6 Å². The van der Waals surface area contributed by atoms with Crippen LogP contribution < -0.4 is 5.32 Å². The molecule has 0 unspecified atom stereocenters. The van der Waals surface area contributed by atoms with Gasteiger partial charge in [0.15, 0.2) is 0 Å². The highest BCUT2D eigenvalue weighted by Crippen LogP contribution is 2.22. The monoisotopic (exact) mass is 374 g/mol. The molecule has 0 spiro atoms. The minimum atomic E-state index is -3.11. The number of sulfonamides is 1. The zero-order chi connectivity index (χ0) is 17.6. The smallest absolute Gasteiger partial charge is 0.220 e. The third kappa shape index (κ3) is 6.07. The number of nitrogens with one attached hydrogen (secondary N) is 1. The first-order valence-corrected chi connectivity index (χ1v) is 10.8. The SMILES string of the molecule is CS(=O)(=O)N1CCC(CNC(=O)CCSc2ccccc2F)CC1. The van der Waals surface area contributed by atoms with E-state index in [-0.39, 0.29) is 11.7 Å². The summed E-state index contributed by atoms with van der Waals surface area (Å²) < 4.78 is 37.8. The van der Waals surface area contributed by atoms with E-state index in [9.17, 15) is 17.6 Å². The molecule has 8 heteroatoms. The number of hydrogen-bond donors (Lipinski definition) is 1. The molecule has 0 atom stereocenters. The first-order valence-electron chi connectivity index (χ1n) is 7.95. The molecule has 1 saturated heterocycles. The quantitative estimate of drug-likeness (QED) is 0.742. The van der Waals surface area contributed by atoms with Crippen molar-refractivity contribution in [1.29, 1.82) is 0 Å². The molecule has 1 aliphatic heterocycles. The van der Waals surface area contributed by atoms with E-state index >= 15 is 0 Å². The predicted octanol–water partition coefficient (Wildman–Crippen LogP) is 2.10. The van der Waals surface area contributed by atoms with E-state index in [0.717, 1.165) is 12.8 Å². The van der Waals surface area contributed by atoms with Crippen molar-refractivity contribution >= 4 is 27.7 Å². The molecule has 24 heavy (non-hydrogen) atoms. The third-order valence-corrected chi connectivity index (χ3v) is 6.41. The summed E-state index contributed by atoms with van der Waals surface area (Å²) in [4.78, 5) is 12.4. The molecule has 1 amide bonds. The van der Waals surface area contributed by atoms with Crippen molar-refractivity contribution in [2.75, 3.05) is 31.6 Å². The van der Waals surface area contributed by atoms with Gasteiger partial charge in [-0.15, -0.1) is 11.8 Å². The number of amides is 1. The number of halogens is 1. The van der Waals surface area contributed by atoms with Gasteiger partial charge >= 0.3 is 0 Å². The molecule has 0 radical (unpaired) electrons. The minimum absolute atomic E-state index is 0.0515. The lowest BCUT2D eigenvalue weighted by molar-refractivity contribution is -0.120. The van der Waals surface area contributed by atoms with Crippen LogP contribution in [0.2, 0.25) is 0 Å². The molecular formula is C16H23FN2O3S2. The summed E-state index contributed by atoms with van der Waals surface area (Å²) >= 11 is 1.33. The molecule has 0 bridgehead atoms. The Bertz CT molecular complexity index is 659. The zero-order valence-electron chi connectivity index (χ0n) is 13.7. The Morgan fingerprint density at radius 3 is 2.62 bits per heavy atom. The molecule has 1 aromatic carbocycles. The van der Waals surface area contributed by atoms with Gasteiger partial charge in [-0.05, 0) is 30.9 Å². The number of hydrogen-bond acceptors (Lipinski definition) is 4. The molecule has 1 aliphatic rings. The van der Waals surface area contributed by atoms with Crippen LogP contribution in [0.15, 0.2) is 29.2 Å². The van der Waals surface area contributed by atoms with E-state index in [4.69, 9.17) is 0 Å². The highest BCUT2D eigenvalue weighted by Gasteiger charge is 2.24. The maximum Gasteiger partial charge on any atom is 0.220 e. The van der Waals surface area contributed by atoms with E-state index in [1.165, 1.54) is 28.4 Å². The van der Waals surface area contributed by atoms with Crippen LogP contribution >= 0.6 is 11.8 Å². The van der Waals surface area contributed by atoms with E-state index < -0.39 is 10.0 Å². The lowest BCUT2D eigenvalue weighted by Crippen LogP contribution is -2.41. The molecule has 0 saturated carbocycles. The van der Waals surface area contributed by atoms with Gasteiger partial charge in [0.25, 0.3) is 0 Å².